The molecule has 8 heteroatoms. The van der Waals surface area contributed by atoms with Crippen LogP contribution in [-0.2, 0) is 9.59 Å². The van der Waals surface area contributed by atoms with E-state index >= 15 is 0 Å². The quantitative estimate of drug-likeness (QED) is 0.123. The second-order valence-electron chi connectivity index (χ2n) is 10.3. The number of carbonyl (C=O) groups excluding carboxylic acids is 1. The fraction of sp³-hybridized carbons (Fsp3) is 0.710. The standard InChI is InChI=1S/C31H51NO7/c1-3-5-7-9-11-13-15-17-21-38-26-19-20-28(39-22-18-16-14-12-10-8-6-4-2)27(23-26)31(37)32(24-29(33)34)25-30(35)36/h19-20,23H,3-18,21-22,24-25H2,1-2H3,(H,33,34)(H,35,36). The van der Waals surface area contributed by atoms with Crippen LogP contribution in [0.5, 0.6) is 11.5 Å². The summed E-state index contributed by atoms with van der Waals surface area (Å²) in [7, 11) is 0. The molecule has 0 saturated carbocycles. The monoisotopic (exact) mass is 549 g/mol. The predicted molar refractivity (Wildman–Crippen MR) is 154 cm³/mol. The van der Waals surface area contributed by atoms with E-state index in [0.717, 1.165) is 37.0 Å². The van der Waals surface area contributed by atoms with Gasteiger partial charge in [-0.25, -0.2) is 0 Å². The van der Waals surface area contributed by atoms with E-state index in [1.165, 1.54) is 76.7 Å². The maximum absolute atomic E-state index is 13.2. The van der Waals surface area contributed by atoms with Gasteiger partial charge < -0.3 is 24.6 Å². The Bertz CT molecular complexity index is 811. The van der Waals surface area contributed by atoms with E-state index in [4.69, 9.17) is 9.47 Å². The first kappa shape index (κ1) is 34.3. The minimum Gasteiger partial charge on any atom is -0.494 e. The Kier molecular flexibility index (Phi) is 19.4. The van der Waals surface area contributed by atoms with E-state index in [9.17, 15) is 24.6 Å². The summed E-state index contributed by atoms with van der Waals surface area (Å²) in [6, 6.07) is 4.93. The topological polar surface area (TPSA) is 113 Å². The molecule has 1 aromatic rings. The van der Waals surface area contributed by atoms with Crippen LogP contribution in [0.4, 0.5) is 0 Å². The lowest BCUT2D eigenvalue weighted by atomic mass is 10.1. The van der Waals surface area contributed by atoms with Gasteiger partial charge in [-0.3, -0.25) is 14.4 Å². The molecule has 1 rings (SSSR count). The minimum absolute atomic E-state index is 0.116. The number of hydrogen-bond donors (Lipinski definition) is 2. The number of unbranched alkanes of at least 4 members (excludes halogenated alkanes) is 14. The van der Waals surface area contributed by atoms with Crippen molar-refractivity contribution in [2.45, 2.75) is 117 Å². The SMILES string of the molecule is CCCCCCCCCCOc1ccc(OCCCCCCCCCC)c(C(=O)N(CC(=O)O)CC(=O)O)c1. The Morgan fingerprint density at radius 3 is 1.54 bits per heavy atom. The lowest BCUT2D eigenvalue weighted by Gasteiger charge is -2.21. The fourth-order valence-corrected chi connectivity index (χ4v) is 4.43. The Morgan fingerprint density at radius 1 is 0.641 bits per heavy atom. The summed E-state index contributed by atoms with van der Waals surface area (Å²) in [5.41, 5.74) is 0.116. The molecule has 0 spiro atoms. The number of carbonyl (C=O) groups is 3. The van der Waals surface area contributed by atoms with E-state index in [0.29, 0.717) is 24.7 Å². The highest BCUT2D eigenvalue weighted by Gasteiger charge is 2.24. The fourth-order valence-electron chi connectivity index (χ4n) is 4.43. The van der Waals surface area contributed by atoms with Crippen molar-refractivity contribution < 1.29 is 34.1 Å². The van der Waals surface area contributed by atoms with Gasteiger partial charge in [0.05, 0.1) is 18.8 Å². The lowest BCUT2D eigenvalue weighted by molar-refractivity contribution is -0.140. The van der Waals surface area contributed by atoms with Crippen molar-refractivity contribution in [1.82, 2.24) is 4.90 Å². The van der Waals surface area contributed by atoms with E-state index in [1.54, 1.807) is 12.1 Å². The molecule has 8 nitrogen and oxygen atoms in total. The van der Waals surface area contributed by atoms with Crippen LogP contribution >= 0.6 is 0 Å². The Balaban J connectivity index is 2.73. The van der Waals surface area contributed by atoms with Crippen LogP contribution in [0.3, 0.4) is 0 Å². The number of benzene rings is 1. The van der Waals surface area contributed by atoms with Crippen molar-refractivity contribution in [2.24, 2.45) is 0 Å². The molecule has 0 heterocycles. The normalized spacial score (nSPS) is 10.8. The van der Waals surface area contributed by atoms with E-state index in [1.807, 2.05) is 0 Å². The van der Waals surface area contributed by atoms with Gasteiger partial charge in [-0.05, 0) is 31.0 Å². The third-order valence-corrected chi connectivity index (χ3v) is 6.64. The zero-order chi connectivity index (χ0) is 28.7. The first-order valence-electron chi connectivity index (χ1n) is 15.0. The zero-order valence-electron chi connectivity index (χ0n) is 24.3. The molecule has 0 aliphatic rings. The summed E-state index contributed by atoms with van der Waals surface area (Å²) in [5, 5.41) is 18.4. The second-order valence-corrected chi connectivity index (χ2v) is 10.3. The summed E-state index contributed by atoms with van der Waals surface area (Å²) < 4.78 is 11.8. The molecule has 2 N–H and O–H groups in total. The lowest BCUT2D eigenvalue weighted by Crippen LogP contribution is -2.39. The van der Waals surface area contributed by atoms with Gasteiger partial charge >= 0.3 is 11.9 Å². The van der Waals surface area contributed by atoms with Crippen molar-refractivity contribution in [1.29, 1.82) is 0 Å². The van der Waals surface area contributed by atoms with Crippen molar-refractivity contribution in [3.63, 3.8) is 0 Å². The number of carboxylic acids is 2. The summed E-state index contributed by atoms with van der Waals surface area (Å²) in [6.45, 7) is 3.91. The molecular weight excluding hydrogens is 498 g/mol. The molecule has 39 heavy (non-hydrogen) atoms. The first-order chi connectivity index (χ1) is 18.9. The number of nitrogens with zero attached hydrogens (tertiary/aromatic N) is 1. The highest BCUT2D eigenvalue weighted by Crippen LogP contribution is 2.27. The molecule has 222 valence electrons. The molecule has 0 bridgehead atoms. The number of hydrogen-bond acceptors (Lipinski definition) is 5. The number of carboxylic acid groups (broad SMARTS) is 2. The maximum atomic E-state index is 13.2. The minimum atomic E-state index is -1.28. The summed E-state index contributed by atoms with van der Waals surface area (Å²) >= 11 is 0. The summed E-state index contributed by atoms with van der Waals surface area (Å²) in [6.07, 6.45) is 18.7. The Hall–Kier alpha value is -2.77. The van der Waals surface area contributed by atoms with Crippen LogP contribution in [-0.4, -0.2) is 59.3 Å². The molecule has 0 radical (unpaired) electrons. The van der Waals surface area contributed by atoms with Gasteiger partial charge in [-0.1, -0.05) is 104 Å². The van der Waals surface area contributed by atoms with Crippen molar-refractivity contribution >= 4 is 17.8 Å². The van der Waals surface area contributed by atoms with Gasteiger partial charge in [0, 0.05) is 0 Å². The van der Waals surface area contributed by atoms with E-state index < -0.39 is 30.9 Å². The molecule has 0 aliphatic heterocycles. The number of aliphatic carboxylic acids is 2. The molecule has 0 atom stereocenters. The van der Waals surface area contributed by atoms with Crippen molar-refractivity contribution in [2.75, 3.05) is 26.3 Å². The molecule has 0 fully saturated rings. The van der Waals surface area contributed by atoms with Crippen LogP contribution in [0.25, 0.3) is 0 Å². The van der Waals surface area contributed by atoms with E-state index in [2.05, 4.69) is 13.8 Å². The third-order valence-electron chi connectivity index (χ3n) is 6.64. The highest BCUT2D eigenvalue weighted by molar-refractivity contribution is 6.00. The van der Waals surface area contributed by atoms with Gasteiger partial charge in [0.2, 0.25) is 0 Å². The zero-order valence-corrected chi connectivity index (χ0v) is 24.3. The van der Waals surface area contributed by atoms with Crippen LogP contribution in [0, 0.1) is 0 Å². The number of rotatable bonds is 25. The third kappa shape index (κ3) is 16.7. The average Bonchev–Trinajstić information content (AvgIpc) is 2.90. The van der Waals surface area contributed by atoms with Crippen molar-refractivity contribution in [3.8, 4) is 11.5 Å². The highest BCUT2D eigenvalue weighted by atomic mass is 16.5. The number of ether oxygens (including phenoxy) is 2. The second kappa shape index (κ2) is 22.1. The molecule has 0 saturated heterocycles. The molecule has 0 aliphatic carbocycles. The Labute approximate surface area is 235 Å². The largest absolute Gasteiger partial charge is 0.494 e. The van der Waals surface area contributed by atoms with Gasteiger partial charge in [0.15, 0.2) is 0 Å². The molecule has 1 amide bonds. The smallest absolute Gasteiger partial charge is 0.323 e. The molecule has 0 aromatic heterocycles. The van der Waals surface area contributed by atoms with Crippen LogP contribution < -0.4 is 9.47 Å². The Morgan fingerprint density at radius 2 is 1.08 bits per heavy atom. The maximum Gasteiger partial charge on any atom is 0.323 e. The average molecular weight is 550 g/mol. The van der Waals surface area contributed by atoms with Crippen LogP contribution in [0.1, 0.15) is 127 Å². The summed E-state index contributed by atoms with van der Waals surface area (Å²) in [5.74, 6) is -2.49. The summed E-state index contributed by atoms with van der Waals surface area (Å²) in [4.78, 5) is 36.6. The van der Waals surface area contributed by atoms with E-state index in [-0.39, 0.29) is 5.56 Å². The van der Waals surface area contributed by atoms with Gasteiger partial charge in [0.25, 0.3) is 5.91 Å². The van der Waals surface area contributed by atoms with Crippen LogP contribution in [0.2, 0.25) is 0 Å². The predicted octanol–water partition coefficient (Wildman–Crippen LogP) is 7.34. The van der Waals surface area contributed by atoms with Gasteiger partial charge in [0.1, 0.15) is 24.6 Å². The first-order valence-corrected chi connectivity index (χ1v) is 15.0. The van der Waals surface area contributed by atoms with Crippen LogP contribution in [0.15, 0.2) is 18.2 Å². The number of amides is 1. The van der Waals surface area contributed by atoms with Crippen molar-refractivity contribution in [3.05, 3.63) is 23.8 Å². The molecule has 1 aromatic carbocycles. The van der Waals surface area contributed by atoms with Gasteiger partial charge in [-0.15, -0.1) is 0 Å². The molecule has 0 unspecified atom stereocenters. The van der Waals surface area contributed by atoms with Gasteiger partial charge in [-0.2, -0.15) is 0 Å². The molecular formula is C31H51NO7.